The van der Waals surface area contributed by atoms with Gasteiger partial charge in [-0.25, -0.2) is 10.8 Å². The number of anilines is 1. The maximum absolute atomic E-state index is 12.1. The number of amides is 1. The van der Waals surface area contributed by atoms with Gasteiger partial charge in [0.25, 0.3) is 5.91 Å². The lowest BCUT2D eigenvalue weighted by molar-refractivity contribution is 0.0136. The molecule has 2 rings (SSSR count). The van der Waals surface area contributed by atoms with Crippen molar-refractivity contribution in [3.05, 3.63) is 22.8 Å². The van der Waals surface area contributed by atoms with Crippen LogP contribution in [0.15, 0.2) is 12.1 Å². The Hall–Kier alpha value is -1.37. The van der Waals surface area contributed by atoms with Gasteiger partial charge in [0.1, 0.15) is 11.5 Å². The number of nitrogen functional groups attached to an aromatic ring is 1. The molecule has 1 amide bonds. The average Bonchev–Trinajstić information content (AvgIpc) is 2.39. The zero-order valence-corrected chi connectivity index (χ0v) is 11.4. The lowest BCUT2D eigenvalue weighted by Crippen LogP contribution is -2.41. The van der Waals surface area contributed by atoms with Crippen LogP contribution in [0, 0.1) is 0 Å². The van der Waals surface area contributed by atoms with Crippen molar-refractivity contribution >= 4 is 23.3 Å². The summed E-state index contributed by atoms with van der Waals surface area (Å²) in [6.45, 7) is 2.64. The van der Waals surface area contributed by atoms with Gasteiger partial charge in [0.15, 0.2) is 0 Å². The van der Waals surface area contributed by atoms with E-state index in [1.807, 2.05) is 6.92 Å². The van der Waals surface area contributed by atoms with Gasteiger partial charge in [0.2, 0.25) is 0 Å². The molecule has 1 saturated heterocycles. The van der Waals surface area contributed by atoms with Crippen LogP contribution in [-0.2, 0) is 4.74 Å². The summed E-state index contributed by atoms with van der Waals surface area (Å²) in [5, 5.41) is 3.23. The molecule has 1 aliphatic rings. The third-order valence-corrected chi connectivity index (χ3v) is 3.33. The first-order valence-electron chi connectivity index (χ1n) is 6.15. The van der Waals surface area contributed by atoms with Gasteiger partial charge in [-0.1, -0.05) is 11.6 Å². The number of carbonyl (C=O) groups excluding carboxylic acids is 1. The molecule has 7 heteroatoms. The Morgan fingerprint density at radius 2 is 2.37 bits per heavy atom. The third-order valence-electron chi connectivity index (χ3n) is 3.03. The predicted octanol–water partition coefficient (Wildman–Crippen LogP) is 1.32. The molecule has 104 valence electrons. The molecular formula is C12H17ClN4O2. The Morgan fingerprint density at radius 1 is 1.58 bits per heavy atom. The molecule has 0 aromatic carbocycles. The van der Waals surface area contributed by atoms with Gasteiger partial charge >= 0.3 is 0 Å². The summed E-state index contributed by atoms with van der Waals surface area (Å²) >= 11 is 5.98. The van der Waals surface area contributed by atoms with E-state index < -0.39 is 0 Å². The van der Waals surface area contributed by atoms with Gasteiger partial charge in [-0.15, -0.1) is 0 Å². The van der Waals surface area contributed by atoms with Crippen molar-refractivity contribution in [3.8, 4) is 0 Å². The lowest BCUT2D eigenvalue weighted by Gasteiger charge is -2.27. The number of aromatic nitrogens is 1. The Balaban J connectivity index is 2.06. The summed E-state index contributed by atoms with van der Waals surface area (Å²) in [5.74, 6) is 5.38. The van der Waals surface area contributed by atoms with Crippen LogP contribution >= 0.6 is 11.6 Å². The van der Waals surface area contributed by atoms with Crippen LogP contribution in [-0.4, -0.2) is 29.6 Å². The average molecular weight is 285 g/mol. The van der Waals surface area contributed by atoms with Gasteiger partial charge < -0.3 is 15.5 Å². The number of nitrogens with two attached hydrogens (primary N) is 1. The second-order valence-electron chi connectivity index (χ2n) is 4.55. The Morgan fingerprint density at radius 3 is 3.05 bits per heavy atom. The van der Waals surface area contributed by atoms with E-state index in [0.29, 0.717) is 17.4 Å². The number of nitrogens with one attached hydrogen (secondary N) is 2. The van der Waals surface area contributed by atoms with Gasteiger partial charge in [-0.3, -0.25) is 4.79 Å². The van der Waals surface area contributed by atoms with Crippen molar-refractivity contribution < 1.29 is 9.53 Å². The fourth-order valence-electron chi connectivity index (χ4n) is 2.06. The fourth-order valence-corrected chi connectivity index (χ4v) is 2.26. The molecule has 1 aliphatic heterocycles. The minimum absolute atomic E-state index is 0.0867. The highest BCUT2D eigenvalue weighted by atomic mass is 35.5. The molecule has 0 aliphatic carbocycles. The molecule has 1 aromatic heterocycles. The summed E-state index contributed by atoms with van der Waals surface area (Å²) in [6, 6.07) is 3.28. The number of nitrogens with zero attached hydrogens (tertiary/aromatic N) is 1. The van der Waals surface area contributed by atoms with Crippen LogP contribution in [0.3, 0.4) is 0 Å². The van der Waals surface area contributed by atoms with Crippen molar-refractivity contribution in [1.29, 1.82) is 0 Å². The molecule has 0 bridgehead atoms. The van der Waals surface area contributed by atoms with Crippen molar-refractivity contribution in [2.75, 3.05) is 12.0 Å². The summed E-state index contributed by atoms with van der Waals surface area (Å²) in [7, 11) is 0. The summed E-state index contributed by atoms with van der Waals surface area (Å²) in [5.41, 5.74) is 2.57. The van der Waals surface area contributed by atoms with Crippen LogP contribution in [0.1, 0.15) is 30.3 Å². The number of pyridine rings is 1. The highest BCUT2D eigenvalue weighted by molar-refractivity contribution is 6.33. The molecule has 0 radical (unpaired) electrons. The van der Waals surface area contributed by atoms with Crippen molar-refractivity contribution in [2.24, 2.45) is 5.84 Å². The first kappa shape index (κ1) is 14.0. The van der Waals surface area contributed by atoms with Gasteiger partial charge in [0, 0.05) is 12.6 Å². The van der Waals surface area contributed by atoms with Crippen LogP contribution < -0.4 is 16.6 Å². The highest BCUT2D eigenvalue weighted by Gasteiger charge is 2.23. The van der Waals surface area contributed by atoms with E-state index in [4.69, 9.17) is 22.2 Å². The van der Waals surface area contributed by atoms with Gasteiger partial charge in [0.05, 0.1) is 11.1 Å². The zero-order valence-electron chi connectivity index (χ0n) is 10.6. The molecule has 2 heterocycles. The van der Waals surface area contributed by atoms with E-state index in [9.17, 15) is 4.79 Å². The lowest BCUT2D eigenvalue weighted by atomic mass is 10.0. The topological polar surface area (TPSA) is 89.3 Å². The zero-order chi connectivity index (χ0) is 13.8. The van der Waals surface area contributed by atoms with Crippen LogP contribution in [0.2, 0.25) is 5.02 Å². The number of hydrogen-bond acceptors (Lipinski definition) is 5. The number of hydrogen-bond donors (Lipinski definition) is 3. The highest BCUT2D eigenvalue weighted by Crippen LogP contribution is 2.18. The summed E-state index contributed by atoms with van der Waals surface area (Å²) in [6.07, 6.45) is 1.74. The normalized spacial score (nSPS) is 22.9. The van der Waals surface area contributed by atoms with Crippen molar-refractivity contribution in [3.63, 3.8) is 0 Å². The van der Waals surface area contributed by atoms with Crippen molar-refractivity contribution in [1.82, 2.24) is 10.3 Å². The summed E-state index contributed by atoms with van der Waals surface area (Å²) < 4.78 is 5.44. The largest absolute Gasteiger partial charge is 0.378 e. The molecular weight excluding hydrogens is 268 g/mol. The fraction of sp³-hybridized carbons (Fsp3) is 0.500. The summed E-state index contributed by atoms with van der Waals surface area (Å²) in [4.78, 5) is 16.2. The third kappa shape index (κ3) is 3.56. The van der Waals surface area contributed by atoms with E-state index in [1.165, 1.54) is 0 Å². The smallest absolute Gasteiger partial charge is 0.271 e. The van der Waals surface area contributed by atoms with Crippen LogP contribution in [0.4, 0.5) is 5.82 Å². The first-order valence-corrected chi connectivity index (χ1v) is 6.53. The molecule has 6 nitrogen and oxygen atoms in total. The number of hydrazine groups is 1. The Labute approximate surface area is 116 Å². The minimum Gasteiger partial charge on any atom is -0.378 e. The minimum atomic E-state index is -0.291. The van der Waals surface area contributed by atoms with Crippen molar-refractivity contribution in [2.45, 2.75) is 31.9 Å². The molecule has 2 atom stereocenters. The standard InChI is InChI=1S/C12H17ClN4O2/c1-7-6-8(4-5-19-7)15-12(18)11-9(13)2-3-10(16-11)17-14/h2-3,7-8H,4-6,14H2,1H3,(H,15,18)(H,16,17). The maximum atomic E-state index is 12.1. The van der Waals surface area contributed by atoms with Crippen LogP contribution in [0.5, 0.6) is 0 Å². The molecule has 0 saturated carbocycles. The van der Waals surface area contributed by atoms with Crippen LogP contribution in [0.25, 0.3) is 0 Å². The Kier molecular flexibility index (Phi) is 4.57. The van der Waals surface area contributed by atoms with E-state index >= 15 is 0 Å². The van der Waals surface area contributed by atoms with Gasteiger partial charge in [-0.05, 0) is 31.9 Å². The molecule has 2 unspecified atom stereocenters. The quantitative estimate of drug-likeness (QED) is 0.575. The molecule has 4 N–H and O–H groups in total. The molecule has 0 spiro atoms. The van der Waals surface area contributed by atoms with E-state index in [-0.39, 0.29) is 23.7 Å². The monoisotopic (exact) mass is 284 g/mol. The second kappa shape index (κ2) is 6.18. The predicted molar refractivity (Wildman–Crippen MR) is 73.0 cm³/mol. The Bertz CT molecular complexity index is 469. The first-order chi connectivity index (χ1) is 9.10. The molecule has 19 heavy (non-hydrogen) atoms. The van der Waals surface area contributed by atoms with E-state index in [1.54, 1.807) is 12.1 Å². The van der Waals surface area contributed by atoms with E-state index in [0.717, 1.165) is 12.8 Å². The molecule has 1 aromatic rings. The number of ether oxygens (including phenoxy) is 1. The second-order valence-corrected chi connectivity index (χ2v) is 4.95. The SMILES string of the molecule is CC1CC(NC(=O)c2nc(NN)ccc2Cl)CCO1. The van der Waals surface area contributed by atoms with E-state index in [2.05, 4.69) is 15.7 Å². The number of rotatable bonds is 3. The maximum Gasteiger partial charge on any atom is 0.271 e. The molecule has 1 fully saturated rings. The van der Waals surface area contributed by atoms with Gasteiger partial charge in [-0.2, -0.15) is 0 Å². The number of halogens is 1. The number of carbonyl (C=O) groups is 1.